The first kappa shape index (κ1) is 17.9. The summed E-state index contributed by atoms with van der Waals surface area (Å²) in [5.41, 5.74) is 1.17. The van der Waals surface area contributed by atoms with Crippen molar-refractivity contribution in [3.8, 4) is 6.07 Å². The van der Waals surface area contributed by atoms with E-state index in [0.717, 1.165) is 10.7 Å². The number of rotatable bonds is 5. The normalized spacial score (nSPS) is 11.0. The highest BCUT2D eigenvalue weighted by molar-refractivity contribution is 7.14. The number of nitrogens with zero attached hydrogens (tertiary/aromatic N) is 3. The fourth-order valence-corrected chi connectivity index (χ4v) is 3.04. The van der Waals surface area contributed by atoms with Crippen molar-refractivity contribution in [3.05, 3.63) is 39.5 Å². The monoisotopic (exact) mass is 343 g/mol. The van der Waals surface area contributed by atoms with Gasteiger partial charge in [0.15, 0.2) is 0 Å². The van der Waals surface area contributed by atoms with Gasteiger partial charge in [-0.1, -0.05) is 20.8 Å². The van der Waals surface area contributed by atoms with Crippen LogP contribution in [-0.4, -0.2) is 29.0 Å². The van der Waals surface area contributed by atoms with Gasteiger partial charge in [0.1, 0.15) is 16.8 Å². The molecule has 0 spiro atoms. The summed E-state index contributed by atoms with van der Waals surface area (Å²) in [4.78, 5) is 21.6. The summed E-state index contributed by atoms with van der Waals surface area (Å²) in [6, 6.07) is 5.49. The third-order valence-electron chi connectivity index (χ3n) is 3.28. The Labute approximate surface area is 146 Å². The summed E-state index contributed by atoms with van der Waals surface area (Å²) in [5.74, 6) is 0.405. The molecule has 6 nitrogen and oxygen atoms in total. The molecule has 0 bridgehead atoms. The number of nitrogens with one attached hydrogen (secondary N) is 2. The molecule has 0 aliphatic rings. The number of nitriles is 1. The fourth-order valence-electron chi connectivity index (χ4n) is 2.00. The van der Waals surface area contributed by atoms with Gasteiger partial charge in [0.05, 0.1) is 16.3 Å². The number of amides is 1. The van der Waals surface area contributed by atoms with Gasteiger partial charge in [0.2, 0.25) is 0 Å². The number of thiazole rings is 1. The molecule has 0 unspecified atom stereocenters. The molecule has 0 radical (unpaired) electrons. The predicted octanol–water partition coefficient (Wildman–Crippen LogP) is 2.86. The van der Waals surface area contributed by atoms with E-state index in [4.69, 9.17) is 5.26 Å². The van der Waals surface area contributed by atoms with Crippen LogP contribution in [-0.2, 0) is 5.41 Å². The second kappa shape index (κ2) is 7.41. The van der Waals surface area contributed by atoms with Crippen LogP contribution in [0.3, 0.4) is 0 Å². The van der Waals surface area contributed by atoms with Crippen LogP contribution in [0.5, 0.6) is 0 Å². The molecule has 0 fully saturated rings. The number of carbonyl (C=O) groups excluding carboxylic acids is 1. The molecule has 1 amide bonds. The molecule has 0 atom stereocenters. The summed E-state index contributed by atoms with van der Waals surface area (Å²) in [7, 11) is 0. The first-order valence-electron chi connectivity index (χ1n) is 7.68. The van der Waals surface area contributed by atoms with Gasteiger partial charge in [-0.2, -0.15) is 5.26 Å². The lowest BCUT2D eigenvalue weighted by atomic mass is 9.98. The number of pyridine rings is 1. The summed E-state index contributed by atoms with van der Waals surface area (Å²) in [6.45, 7) is 9.01. The Morgan fingerprint density at radius 3 is 2.75 bits per heavy atom. The van der Waals surface area contributed by atoms with Crippen molar-refractivity contribution in [3.63, 3.8) is 0 Å². The van der Waals surface area contributed by atoms with E-state index in [1.165, 1.54) is 11.3 Å². The number of hydrogen-bond acceptors (Lipinski definition) is 6. The summed E-state index contributed by atoms with van der Waals surface area (Å²) in [6.07, 6.45) is 1.62. The van der Waals surface area contributed by atoms with E-state index in [9.17, 15) is 4.79 Å². The van der Waals surface area contributed by atoms with Crippen LogP contribution in [0.1, 0.15) is 46.7 Å². The maximum Gasteiger partial charge on any atom is 0.263 e. The topological polar surface area (TPSA) is 90.7 Å². The lowest BCUT2D eigenvalue weighted by Gasteiger charge is -2.13. The highest BCUT2D eigenvalue weighted by Gasteiger charge is 2.22. The van der Waals surface area contributed by atoms with E-state index in [0.29, 0.717) is 29.3 Å². The number of aromatic nitrogens is 2. The van der Waals surface area contributed by atoms with Crippen LogP contribution in [0.4, 0.5) is 5.82 Å². The lowest BCUT2D eigenvalue weighted by molar-refractivity contribution is 0.0958. The molecule has 0 saturated carbocycles. The van der Waals surface area contributed by atoms with Crippen molar-refractivity contribution in [2.24, 2.45) is 0 Å². The minimum Gasteiger partial charge on any atom is -0.367 e. The number of anilines is 1. The molecule has 24 heavy (non-hydrogen) atoms. The van der Waals surface area contributed by atoms with Crippen LogP contribution in [0.25, 0.3) is 0 Å². The Morgan fingerprint density at radius 2 is 2.12 bits per heavy atom. The molecule has 2 N–H and O–H groups in total. The van der Waals surface area contributed by atoms with Crippen LogP contribution >= 0.6 is 11.3 Å². The van der Waals surface area contributed by atoms with E-state index < -0.39 is 0 Å². The minimum absolute atomic E-state index is 0.0673. The first-order valence-corrected chi connectivity index (χ1v) is 8.49. The van der Waals surface area contributed by atoms with E-state index in [-0.39, 0.29) is 11.3 Å². The molecule has 2 aromatic heterocycles. The lowest BCUT2D eigenvalue weighted by Crippen LogP contribution is -2.28. The van der Waals surface area contributed by atoms with Crippen molar-refractivity contribution < 1.29 is 4.79 Å². The van der Waals surface area contributed by atoms with Gasteiger partial charge in [-0.05, 0) is 19.1 Å². The molecule has 2 rings (SSSR count). The maximum atomic E-state index is 12.3. The first-order chi connectivity index (χ1) is 11.3. The Kier molecular flexibility index (Phi) is 5.52. The molecule has 2 heterocycles. The summed E-state index contributed by atoms with van der Waals surface area (Å²) >= 11 is 1.44. The zero-order chi connectivity index (χ0) is 17.7. The summed E-state index contributed by atoms with van der Waals surface area (Å²) in [5, 5.41) is 15.9. The molecule has 126 valence electrons. The molecule has 0 aliphatic heterocycles. The van der Waals surface area contributed by atoms with E-state index >= 15 is 0 Å². The predicted molar refractivity (Wildman–Crippen MR) is 95.3 cm³/mol. The molecule has 0 aromatic carbocycles. The van der Waals surface area contributed by atoms with Crippen molar-refractivity contribution in [2.75, 3.05) is 18.4 Å². The van der Waals surface area contributed by atoms with Crippen LogP contribution < -0.4 is 10.6 Å². The Hall–Kier alpha value is -2.46. The van der Waals surface area contributed by atoms with Gasteiger partial charge in [0, 0.05) is 24.7 Å². The number of carbonyl (C=O) groups is 1. The van der Waals surface area contributed by atoms with Crippen LogP contribution in [0.15, 0.2) is 18.3 Å². The zero-order valence-corrected chi connectivity index (χ0v) is 15.1. The Balaban J connectivity index is 1.90. The third-order valence-corrected chi connectivity index (χ3v) is 4.86. The fraction of sp³-hybridized carbons (Fsp3) is 0.412. The van der Waals surface area contributed by atoms with Crippen molar-refractivity contribution in [1.29, 1.82) is 5.26 Å². The maximum absolute atomic E-state index is 12.3. The van der Waals surface area contributed by atoms with Crippen LogP contribution in [0.2, 0.25) is 0 Å². The van der Waals surface area contributed by atoms with E-state index in [1.54, 1.807) is 18.3 Å². The highest BCUT2D eigenvalue weighted by Crippen LogP contribution is 2.29. The van der Waals surface area contributed by atoms with Gasteiger partial charge in [-0.3, -0.25) is 4.79 Å². The van der Waals surface area contributed by atoms with Gasteiger partial charge in [-0.25, -0.2) is 9.97 Å². The van der Waals surface area contributed by atoms with Gasteiger partial charge < -0.3 is 10.6 Å². The molecule has 7 heteroatoms. The number of hydrogen-bond donors (Lipinski definition) is 2. The van der Waals surface area contributed by atoms with E-state index in [1.807, 2.05) is 6.92 Å². The van der Waals surface area contributed by atoms with Gasteiger partial charge >= 0.3 is 0 Å². The number of aryl methyl sites for hydroxylation is 1. The quantitative estimate of drug-likeness (QED) is 0.815. The second-order valence-electron chi connectivity index (χ2n) is 6.38. The Morgan fingerprint density at radius 1 is 1.38 bits per heavy atom. The average molecular weight is 343 g/mol. The zero-order valence-electron chi connectivity index (χ0n) is 14.3. The molecule has 0 saturated heterocycles. The molecule has 2 aromatic rings. The van der Waals surface area contributed by atoms with Crippen molar-refractivity contribution >= 4 is 23.1 Å². The van der Waals surface area contributed by atoms with Crippen molar-refractivity contribution in [1.82, 2.24) is 15.3 Å². The molecule has 0 aliphatic carbocycles. The van der Waals surface area contributed by atoms with Gasteiger partial charge in [0.25, 0.3) is 5.91 Å². The minimum atomic E-state index is -0.121. The van der Waals surface area contributed by atoms with E-state index in [2.05, 4.69) is 47.4 Å². The van der Waals surface area contributed by atoms with Crippen molar-refractivity contribution in [2.45, 2.75) is 33.1 Å². The standard InChI is InChI=1S/C17H21N5OS/c1-11-13(24-16(22-11)17(2,3)4)15(23)21-9-8-20-14-12(10-18)6-5-7-19-14/h5-7H,8-9H2,1-4H3,(H,19,20)(H,21,23). The highest BCUT2D eigenvalue weighted by atomic mass is 32.1. The second-order valence-corrected chi connectivity index (χ2v) is 7.38. The molecular weight excluding hydrogens is 322 g/mol. The smallest absolute Gasteiger partial charge is 0.263 e. The molecular formula is C17H21N5OS. The van der Waals surface area contributed by atoms with Gasteiger partial charge in [-0.15, -0.1) is 11.3 Å². The largest absolute Gasteiger partial charge is 0.367 e. The third kappa shape index (κ3) is 4.30. The van der Waals surface area contributed by atoms with Crippen LogP contribution in [0, 0.1) is 18.3 Å². The Bertz CT molecular complexity index is 770. The summed E-state index contributed by atoms with van der Waals surface area (Å²) < 4.78 is 0. The average Bonchev–Trinajstić information content (AvgIpc) is 2.94. The SMILES string of the molecule is Cc1nc(C(C)(C)C)sc1C(=O)NCCNc1ncccc1C#N.